The summed E-state index contributed by atoms with van der Waals surface area (Å²) in [6.45, 7) is 7.90. The van der Waals surface area contributed by atoms with Crippen LogP contribution in [0.25, 0.3) is 0 Å². The molecule has 1 rings (SSSR count). The standard InChI is InChI=1S/C12H25NS/c1-4-10(3)14-12-7-9(2)5-6-11(12)8-13/h9-12H,4-8,13H2,1-3H3. The van der Waals surface area contributed by atoms with Crippen LogP contribution in [0.15, 0.2) is 0 Å². The molecule has 1 aliphatic rings. The summed E-state index contributed by atoms with van der Waals surface area (Å²) in [5.74, 6) is 1.70. The van der Waals surface area contributed by atoms with Gasteiger partial charge in [0.2, 0.25) is 0 Å². The van der Waals surface area contributed by atoms with Gasteiger partial charge in [-0.05, 0) is 37.6 Å². The molecule has 1 saturated carbocycles. The van der Waals surface area contributed by atoms with Crippen molar-refractivity contribution in [3.8, 4) is 0 Å². The molecule has 0 aromatic carbocycles. The lowest BCUT2D eigenvalue weighted by atomic mass is 9.82. The van der Waals surface area contributed by atoms with Crippen molar-refractivity contribution in [1.82, 2.24) is 0 Å². The van der Waals surface area contributed by atoms with Crippen LogP contribution in [0.3, 0.4) is 0 Å². The van der Waals surface area contributed by atoms with E-state index in [1.807, 2.05) is 0 Å². The summed E-state index contributed by atoms with van der Waals surface area (Å²) in [6, 6.07) is 0. The minimum absolute atomic E-state index is 0.783. The summed E-state index contributed by atoms with van der Waals surface area (Å²) in [5, 5.41) is 1.64. The molecule has 14 heavy (non-hydrogen) atoms. The number of hydrogen-bond acceptors (Lipinski definition) is 2. The van der Waals surface area contributed by atoms with Crippen LogP contribution in [-0.4, -0.2) is 17.0 Å². The van der Waals surface area contributed by atoms with Crippen molar-refractivity contribution in [3.05, 3.63) is 0 Å². The van der Waals surface area contributed by atoms with Crippen molar-refractivity contribution in [2.45, 2.75) is 57.0 Å². The van der Waals surface area contributed by atoms with Crippen LogP contribution in [0.1, 0.15) is 46.5 Å². The van der Waals surface area contributed by atoms with Crippen molar-refractivity contribution >= 4 is 11.8 Å². The minimum atomic E-state index is 0.783. The van der Waals surface area contributed by atoms with Crippen LogP contribution in [0.4, 0.5) is 0 Å². The fourth-order valence-corrected chi connectivity index (χ4v) is 3.92. The van der Waals surface area contributed by atoms with Gasteiger partial charge in [-0.25, -0.2) is 0 Å². The van der Waals surface area contributed by atoms with Gasteiger partial charge in [-0.1, -0.05) is 27.2 Å². The highest BCUT2D eigenvalue weighted by Crippen LogP contribution is 2.38. The molecule has 1 nitrogen and oxygen atoms in total. The number of rotatable bonds is 4. The Morgan fingerprint density at radius 2 is 2.14 bits per heavy atom. The maximum Gasteiger partial charge on any atom is 0.00925 e. The molecule has 84 valence electrons. The molecule has 0 heterocycles. The monoisotopic (exact) mass is 215 g/mol. The Balaban J connectivity index is 2.44. The van der Waals surface area contributed by atoms with E-state index in [2.05, 4.69) is 32.5 Å². The van der Waals surface area contributed by atoms with Gasteiger partial charge in [-0.15, -0.1) is 0 Å². The molecule has 0 amide bonds. The van der Waals surface area contributed by atoms with Crippen LogP contribution in [0.5, 0.6) is 0 Å². The molecule has 2 N–H and O–H groups in total. The number of hydrogen-bond donors (Lipinski definition) is 1. The zero-order chi connectivity index (χ0) is 10.6. The molecule has 0 radical (unpaired) electrons. The highest BCUT2D eigenvalue weighted by Gasteiger charge is 2.28. The predicted molar refractivity (Wildman–Crippen MR) is 66.7 cm³/mol. The van der Waals surface area contributed by atoms with Crippen molar-refractivity contribution in [2.75, 3.05) is 6.54 Å². The normalized spacial score (nSPS) is 35.6. The topological polar surface area (TPSA) is 26.0 Å². The smallest absolute Gasteiger partial charge is 0.00925 e. The largest absolute Gasteiger partial charge is 0.330 e. The summed E-state index contributed by atoms with van der Waals surface area (Å²) in [7, 11) is 0. The summed E-state index contributed by atoms with van der Waals surface area (Å²) < 4.78 is 0. The Bertz CT molecular complexity index is 160. The van der Waals surface area contributed by atoms with Crippen LogP contribution < -0.4 is 5.73 Å². The first-order valence-corrected chi connectivity index (χ1v) is 6.97. The minimum Gasteiger partial charge on any atom is -0.330 e. The fourth-order valence-electron chi connectivity index (χ4n) is 2.22. The Morgan fingerprint density at radius 1 is 1.43 bits per heavy atom. The molecule has 0 spiro atoms. The van der Waals surface area contributed by atoms with Gasteiger partial charge in [0, 0.05) is 10.5 Å². The quantitative estimate of drug-likeness (QED) is 0.779. The molecule has 0 saturated heterocycles. The third-order valence-corrected chi connectivity index (χ3v) is 5.20. The van der Waals surface area contributed by atoms with E-state index in [-0.39, 0.29) is 0 Å². The van der Waals surface area contributed by atoms with Gasteiger partial charge >= 0.3 is 0 Å². The Morgan fingerprint density at radius 3 is 2.71 bits per heavy atom. The highest BCUT2D eigenvalue weighted by atomic mass is 32.2. The van der Waals surface area contributed by atoms with Gasteiger partial charge in [-0.3, -0.25) is 0 Å². The van der Waals surface area contributed by atoms with E-state index in [1.54, 1.807) is 0 Å². The molecule has 2 heteroatoms. The highest BCUT2D eigenvalue weighted by molar-refractivity contribution is 8.00. The van der Waals surface area contributed by atoms with Crippen molar-refractivity contribution in [1.29, 1.82) is 0 Å². The van der Waals surface area contributed by atoms with Crippen LogP contribution in [0.2, 0.25) is 0 Å². The second-order valence-corrected chi connectivity index (χ2v) is 6.49. The second kappa shape index (κ2) is 6.02. The molecule has 1 aliphatic carbocycles. The van der Waals surface area contributed by atoms with Gasteiger partial charge < -0.3 is 5.73 Å². The average molecular weight is 215 g/mol. The number of nitrogens with two attached hydrogens (primary N) is 1. The zero-order valence-corrected chi connectivity index (χ0v) is 10.6. The average Bonchev–Trinajstić information content (AvgIpc) is 2.18. The first kappa shape index (κ1) is 12.4. The van der Waals surface area contributed by atoms with Crippen LogP contribution in [-0.2, 0) is 0 Å². The number of thioether (sulfide) groups is 1. The lowest BCUT2D eigenvalue weighted by Gasteiger charge is -2.35. The van der Waals surface area contributed by atoms with E-state index in [9.17, 15) is 0 Å². The van der Waals surface area contributed by atoms with Crippen LogP contribution >= 0.6 is 11.8 Å². The zero-order valence-electron chi connectivity index (χ0n) is 9.83. The van der Waals surface area contributed by atoms with E-state index >= 15 is 0 Å². The van der Waals surface area contributed by atoms with Gasteiger partial charge in [0.05, 0.1) is 0 Å². The fraction of sp³-hybridized carbons (Fsp3) is 1.00. The Kier molecular flexibility index (Phi) is 5.32. The molecule has 0 bridgehead atoms. The van der Waals surface area contributed by atoms with E-state index in [4.69, 9.17) is 5.73 Å². The molecule has 1 fully saturated rings. The van der Waals surface area contributed by atoms with E-state index < -0.39 is 0 Å². The molecule has 0 aromatic heterocycles. The molecule has 4 unspecified atom stereocenters. The lowest BCUT2D eigenvalue weighted by molar-refractivity contribution is 0.305. The molecular formula is C12H25NS. The van der Waals surface area contributed by atoms with Gasteiger partial charge in [0.1, 0.15) is 0 Å². The third-order valence-electron chi connectivity index (χ3n) is 3.48. The van der Waals surface area contributed by atoms with Gasteiger partial charge in [0.25, 0.3) is 0 Å². The molecule has 0 aromatic rings. The third kappa shape index (κ3) is 3.47. The maximum atomic E-state index is 5.84. The van der Waals surface area contributed by atoms with Crippen molar-refractivity contribution < 1.29 is 0 Å². The summed E-state index contributed by atoms with van der Waals surface area (Å²) >= 11 is 2.18. The Hall–Kier alpha value is 0.310. The maximum absolute atomic E-state index is 5.84. The second-order valence-electron chi connectivity index (χ2n) is 4.81. The van der Waals surface area contributed by atoms with Crippen molar-refractivity contribution in [2.24, 2.45) is 17.6 Å². The van der Waals surface area contributed by atoms with E-state index in [0.29, 0.717) is 0 Å². The first-order chi connectivity index (χ1) is 6.67. The molecular weight excluding hydrogens is 190 g/mol. The SMILES string of the molecule is CCC(C)SC1CC(C)CCC1CN. The predicted octanol–water partition coefficient (Wildman–Crippen LogP) is 3.28. The molecule has 0 aliphatic heterocycles. The van der Waals surface area contributed by atoms with Gasteiger partial charge in [0.15, 0.2) is 0 Å². The molecule has 4 atom stereocenters. The van der Waals surface area contributed by atoms with Crippen molar-refractivity contribution in [3.63, 3.8) is 0 Å². The summed E-state index contributed by atoms with van der Waals surface area (Å²) in [5.41, 5.74) is 5.84. The lowest BCUT2D eigenvalue weighted by Crippen LogP contribution is -2.32. The van der Waals surface area contributed by atoms with Gasteiger partial charge in [-0.2, -0.15) is 11.8 Å². The van der Waals surface area contributed by atoms with E-state index in [0.717, 1.165) is 28.9 Å². The van der Waals surface area contributed by atoms with Crippen LogP contribution in [0, 0.1) is 11.8 Å². The Labute approximate surface area is 93.2 Å². The summed E-state index contributed by atoms with van der Waals surface area (Å²) in [4.78, 5) is 0. The summed E-state index contributed by atoms with van der Waals surface area (Å²) in [6.07, 6.45) is 5.41. The first-order valence-electron chi connectivity index (χ1n) is 6.02. The van der Waals surface area contributed by atoms with E-state index in [1.165, 1.54) is 25.7 Å².